The van der Waals surface area contributed by atoms with Crippen LogP contribution in [0.1, 0.15) is 20.8 Å². The second kappa shape index (κ2) is 5.39. The highest BCUT2D eigenvalue weighted by atomic mass is 16.6. The Bertz CT molecular complexity index is 369. The van der Waals surface area contributed by atoms with E-state index in [0.717, 1.165) is 0 Å². The normalized spacial score (nSPS) is 20.2. The third-order valence-electron chi connectivity index (χ3n) is 2.26. The van der Waals surface area contributed by atoms with Gasteiger partial charge >= 0.3 is 12.1 Å². The summed E-state index contributed by atoms with van der Waals surface area (Å²) in [6.07, 6.45) is -0.0522. The van der Waals surface area contributed by atoms with Crippen molar-refractivity contribution in [2.75, 3.05) is 20.2 Å². The molecule has 0 fully saturated rings. The van der Waals surface area contributed by atoms with Gasteiger partial charge in [-0.25, -0.2) is 9.59 Å². The molecule has 1 unspecified atom stereocenters. The molecule has 0 saturated carbocycles. The predicted molar refractivity (Wildman–Crippen MR) is 63.9 cm³/mol. The minimum absolute atomic E-state index is 0.0820. The summed E-state index contributed by atoms with van der Waals surface area (Å²) in [5, 5.41) is 9.61. The van der Waals surface area contributed by atoms with Crippen LogP contribution in [0, 0.1) is 0 Å². The number of esters is 1. The molecule has 0 aliphatic carbocycles. The molecule has 18 heavy (non-hydrogen) atoms. The first-order valence-corrected chi connectivity index (χ1v) is 5.68. The highest BCUT2D eigenvalue weighted by Crippen LogP contribution is 2.16. The number of β-amino-alcohol motifs (C(OH)–C–C–N with tert-alkyl or cyclic N) is 1. The lowest BCUT2D eigenvalue weighted by atomic mass is 10.1. The standard InChI is InChI=1S/C12H19NO5/c1-12(2,3)18-11(16)13-6-8(10(15)17-4)5-9(14)7-13/h5,9,14H,6-7H2,1-4H3. The number of methoxy groups -OCH3 is 1. The van der Waals surface area contributed by atoms with Crippen LogP contribution < -0.4 is 0 Å². The van der Waals surface area contributed by atoms with Gasteiger partial charge in [-0.3, -0.25) is 0 Å². The molecule has 1 heterocycles. The average molecular weight is 257 g/mol. The Morgan fingerprint density at radius 3 is 2.56 bits per heavy atom. The number of carbonyl (C=O) groups excluding carboxylic acids is 2. The third-order valence-corrected chi connectivity index (χ3v) is 2.26. The molecule has 0 bridgehead atoms. The van der Waals surface area contributed by atoms with E-state index in [9.17, 15) is 14.7 Å². The fourth-order valence-corrected chi connectivity index (χ4v) is 1.56. The molecule has 1 rings (SSSR count). The van der Waals surface area contributed by atoms with Crippen molar-refractivity contribution in [3.8, 4) is 0 Å². The summed E-state index contributed by atoms with van der Waals surface area (Å²) in [6, 6.07) is 0. The number of nitrogens with zero attached hydrogens (tertiary/aromatic N) is 1. The SMILES string of the molecule is COC(=O)C1=CC(O)CN(C(=O)OC(C)(C)C)C1. The number of aliphatic hydroxyl groups is 1. The zero-order chi connectivity index (χ0) is 13.9. The molecule has 6 nitrogen and oxygen atoms in total. The second-order valence-electron chi connectivity index (χ2n) is 5.11. The van der Waals surface area contributed by atoms with Gasteiger partial charge in [0.15, 0.2) is 0 Å². The first-order valence-electron chi connectivity index (χ1n) is 5.68. The van der Waals surface area contributed by atoms with Gasteiger partial charge in [0, 0.05) is 0 Å². The summed E-state index contributed by atoms with van der Waals surface area (Å²) in [5.74, 6) is -0.553. The maximum absolute atomic E-state index is 11.8. The van der Waals surface area contributed by atoms with Crippen LogP contribution in [0.15, 0.2) is 11.6 Å². The van der Waals surface area contributed by atoms with Gasteiger partial charge in [-0.2, -0.15) is 0 Å². The van der Waals surface area contributed by atoms with Crippen LogP contribution in [-0.4, -0.2) is 54.0 Å². The van der Waals surface area contributed by atoms with E-state index in [1.165, 1.54) is 18.1 Å². The number of amides is 1. The van der Waals surface area contributed by atoms with Crippen molar-refractivity contribution in [2.24, 2.45) is 0 Å². The Balaban J connectivity index is 2.74. The van der Waals surface area contributed by atoms with Gasteiger partial charge in [-0.1, -0.05) is 0 Å². The molecule has 0 spiro atoms. The van der Waals surface area contributed by atoms with Crippen LogP contribution in [0.3, 0.4) is 0 Å². The van der Waals surface area contributed by atoms with E-state index in [1.807, 2.05) is 0 Å². The molecular weight excluding hydrogens is 238 g/mol. The summed E-state index contributed by atoms with van der Waals surface area (Å²) in [4.78, 5) is 24.5. The predicted octanol–water partition coefficient (Wildman–Crippen LogP) is 0.697. The molecule has 102 valence electrons. The third kappa shape index (κ3) is 4.03. The number of hydrogen-bond acceptors (Lipinski definition) is 5. The van der Waals surface area contributed by atoms with Crippen LogP contribution in [0.25, 0.3) is 0 Å². The highest BCUT2D eigenvalue weighted by Gasteiger charge is 2.29. The molecule has 0 radical (unpaired) electrons. The minimum Gasteiger partial charge on any atom is -0.466 e. The zero-order valence-corrected chi connectivity index (χ0v) is 11.1. The zero-order valence-electron chi connectivity index (χ0n) is 11.1. The van der Waals surface area contributed by atoms with E-state index in [4.69, 9.17) is 4.74 Å². The number of rotatable bonds is 1. The molecule has 1 atom stereocenters. The van der Waals surface area contributed by atoms with E-state index in [2.05, 4.69) is 4.74 Å². The van der Waals surface area contributed by atoms with E-state index in [-0.39, 0.29) is 18.7 Å². The van der Waals surface area contributed by atoms with Crippen molar-refractivity contribution in [1.29, 1.82) is 0 Å². The number of hydrogen-bond donors (Lipinski definition) is 1. The average Bonchev–Trinajstić information content (AvgIpc) is 2.24. The lowest BCUT2D eigenvalue weighted by Gasteiger charge is -2.31. The van der Waals surface area contributed by atoms with Crippen molar-refractivity contribution in [3.05, 3.63) is 11.6 Å². The Kier molecular flexibility index (Phi) is 4.34. The van der Waals surface area contributed by atoms with Gasteiger partial charge in [0.1, 0.15) is 5.60 Å². The van der Waals surface area contributed by atoms with Crippen LogP contribution in [0.2, 0.25) is 0 Å². The molecule has 0 aromatic rings. The Morgan fingerprint density at radius 2 is 2.06 bits per heavy atom. The Hall–Kier alpha value is -1.56. The molecule has 0 saturated heterocycles. The topological polar surface area (TPSA) is 76.1 Å². The molecule has 0 aromatic carbocycles. The summed E-state index contributed by atoms with van der Waals surface area (Å²) in [7, 11) is 1.25. The van der Waals surface area contributed by atoms with Gasteiger partial charge in [-0.15, -0.1) is 0 Å². The lowest BCUT2D eigenvalue weighted by Crippen LogP contribution is -2.45. The van der Waals surface area contributed by atoms with Gasteiger partial charge < -0.3 is 19.5 Å². The molecule has 6 heteroatoms. The Labute approximate surface area is 106 Å². The second-order valence-corrected chi connectivity index (χ2v) is 5.11. The maximum Gasteiger partial charge on any atom is 0.410 e. The summed E-state index contributed by atoms with van der Waals surface area (Å²) in [5.41, 5.74) is -0.364. The smallest absolute Gasteiger partial charge is 0.410 e. The van der Waals surface area contributed by atoms with Gasteiger partial charge in [0.05, 0.1) is 31.9 Å². The molecule has 1 amide bonds. The Morgan fingerprint density at radius 1 is 1.44 bits per heavy atom. The van der Waals surface area contributed by atoms with Crippen LogP contribution in [-0.2, 0) is 14.3 Å². The number of aliphatic hydroxyl groups excluding tert-OH is 1. The number of carbonyl (C=O) groups is 2. The summed E-state index contributed by atoms with van der Waals surface area (Å²) in [6.45, 7) is 5.45. The molecular formula is C12H19NO5. The van der Waals surface area contributed by atoms with E-state index in [0.29, 0.717) is 0 Å². The quantitative estimate of drug-likeness (QED) is 0.700. The fourth-order valence-electron chi connectivity index (χ4n) is 1.56. The molecule has 0 aromatic heterocycles. The van der Waals surface area contributed by atoms with Crippen LogP contribution >= 0.6 is 0 Å². The van der Waals surface area contributed by atoms with E-state index < -0.39 is 23.8 Å². The van der Waals surface area contributed by atoms with Gasteiger partial charge in [0.25, 0.3) is 0 Å². The maximum atomic E-state index is 11.8. The summed E-state index contributed by atoms with van der Waals surface area (Å²) < 4.78 is 9.75. The fraction of sp³-hybridized carbons (Fsp3) is 0.667. The van der Waals surface area contributed by atoms with Crippen molar-refractivity contribution >= 4 is 12.1 Å². The van der Waals surface area contributed by atoms with Crippen molar-refractivity contribution in [2.45, 2.75) is 32.5 Å². The molecule has 1 aliphatic heterocycles. The minimum atomic E-state index is -0.889. The molecule has 1 aliphatic rings. The van der Waals surface area contributed by atoms with Crippen LogP contribution in [0.4, 0.5) is 4.79 Å². The monoisotopic (exact) mass is 257 g/mol. The highest BCUT2D eigenvalue weighted by molar-refractivity contribution is 5.90. The van der Waals surface area contributed by atoms with Crippen molar-refractivity contribution < 1.29 is 24.2 Å². The van der Waals surface area contributed by atoms with E-state index in [1.54, 1.807) is 20.8 Å². The molecule has 1 N–H and O–H groups in total. The van der Waals surface area contributed by atoms with Gasteiger partial charge in [0.2, 0.25) is 0 Å². The first kappa shape index (κ1) is 14.5. The number of ether oxygens (including phenoxy) is 2. The van der Waals surface area contributed by atoms with Crippen LogP contribution in [0.5, 0.6) is 0 Å². The summed E-state index contributed by atoms with van der Waals surface area (Å²) >= 11 is 0. The lowest BCUT2D eigenvalue weighted by molar-refractivity contribution is -0.136. The van der Waals surface area contributed by atoms with E-state index >= 15 is 0 Å². The van der Waals surface area contributed by atoms with Crippen molar-refractivity contribution in [1.82, 2.24) is 4.90 Å². The van der Waals surface area contributed by atoms with Crippen molar-refractivity contribution in [3.63, 3.8) is 0 Å². The largest absolute Gasteiger partial charge is 0.466 e. The van der Waals surface area contributed by atoms with Gasteiger partial charge in [-0.05, 0) is 26.8 Å². The first-order chi connectivity index (χ1) is 8.23.